The Morgan fingerprint density at radius 2 is 1.24 bits per heavy atom. The highest BCUT2D eigenvalue weighted by Crippen LogP contribution is 2.48. The first kappa shape index (κ1) is 19.4. The summed E-state index contributed by atoms with van der Waals surface area (Å²) in [5.74, 6) is -1.91. The molecule has 0 N–H and O–H groups in total. The van der Waals surface area contributed by atoms with Crippen LogP contribution in [-0.4, -0.2) is 30.7 Å². The third kappa shape index (κ3) is 4.67. The van der Waals surface area contributed by atoms with Crippen LogP contribution < -0.4 is 0 Å². The fourth-order valence-corrected chi connectivity index (χ4v) is 5.05. The average molecular weight is 368 g/mol. The van der Waals surface area contributed by atoms with Gasteiger partial charge in [0.25, 0.3) is 0 Å². The van der Waals surface area contributed by atoms with Gasteiger partial charge in [-0.25, -0.2) is 13.2 Å². The lowest BCUT2D eigenvalue weighted by Gasteiger charge is -2.42. The van der Waals surface area contributed by atoms with Gasteiger partial charge in [0.05, 0.1) is 6.10 Å². The smallest absolute Gasteiger partial charge is 0.317 e. The quantitative estimate of drug-likeness (QED) is 0.540. The van der Waals surface area contributed by atoms with Crippen molar-refractivity contribution in [2.45, 2.75) is 101 Å². The molecule has 0 aromatic heterocycles. The van der Waals surface area contributed by atoms with Crippen LogP contribution in [0.3, 0.4) is 0 Å². The summed E-state index contributed by atoms with van der Waals surface area (Å²) in [6, 6.07) is 0. The van der Waals surface area contributed by atoms with Crippen molar-refractivity contribution in [3.8, 4) is 0 Å². The molecule has 0 aromatic carbocycles. The van der Waals surface area contributed by atoms with Gasteiger partial charge in [0.2, 0.25) is 0 Å². The fourth-order valence-electron chi connectivity index (χ4n) is 5.05. The number of rotatable bonds is 4. The van der Waals surface area contributed by atoms with Crippen LogP contribution in [0.1, 0.15) is 70.6 Å². The lowest BCUT2D eigenvalue weighted by atomic mass is 9.69. The molecule has 3 aliphatic rings. The lowest BCUT2D eigenvalue weighted by molar-refractivity contribution is -0.320. The molecule has 0 amide bonds. The molecule has 0 bridgehead atoms. The van der Waals surface area contributed by atoms with Gasteiger partial charge in [-0.05, 0) is 50.4 Å². The Hall–Kier alpha value is -0.390. The topological polar surface area (TPSA) is 9.23 Å². The van der Waals surface area contributed by atoms with E-state index in [2.05, 4.69) is 0 Å². The van der Waals surface area contributed by atoms with Crippen LogP contribution in [0.5, 0.6) is 0 Å². The first-order chi connectivity index (χ1) is 11.9. The van der Waals surface area contributed by atoms with Crippen molar-refractivity contribution in [1.29, 1.82) is 0 Å². The maximum absolute atomic E-state index is 14.6. The van der Waals surface area contributed by atoms with Crippen LogP contribution in [-0.2, 0) is 4.74 Å². The van der Waals surface area contributed by atoms with Gasteiger partial charge < -0.3 is 4.74 Å². The first-order valence-electron chi connectivity index (χ1n) is 9.84. The number of alkyl halides is 5. The summed E-state index contributed by atoms with van der Waals surface area (Å²) in [7, 11) is 0. The van der Waals surface area contributed by atoms with Crippen molar-refractivity contribution >= 4 is 0 Å². The minimum absolute atomic E-state index is 0.00588. The largest absolute Gasteiger partial charge is 0.364 e. The highest BCUT2D eigenvalue weighted by atomic mass is 19.3. The minimum Gasteiger partial charge on any atom is -0.317 e. The van der Waals surface area contributed by atoms with Gasteiger partial charge in [0, 0.05) is 0 Å². The van der Waals surface area contributed by atoms with Crippen molar-refractivity contribution in [3.05, 3.63) is 0 Å². The molecular weight excluding hydrogens is 339 g/mol. The first-order valence-corrected chi connectivity index (χ1v) is 9.84. The van der Waals surface area contributed by atoms with E-state index in [0.29, 0.717) is 0 Å². The van der Waals surface area contributed by atoms with Crippen molar-refractivity contribution in [2.24, 2.45) is 17.8 Å². The van der Waals surface area contributed by atoms with Gasteiger partial charge in [0.15, 0.2) is 0 Å². The van der Waals surface area contributed by atoms with E-state index in [1.165, 1.54) is 0 Å². The summed E-state index contributed by atoms with van der Waals surface area (Å²) >= 11 is 0. The SMILES string of the molecule is FC1CCC(OC(F)(F)C2C(F)CC(C3CCCCC3)CC2F)CC1. The molecular formula is C19H29F5O. The van der Waals surface area contributed by atoms with Gasteiger partial charge in [-0.2, -0.15) is 8.78 Å². The van der Waals surface area contributed by atoms with E-state index in [1.807, 2.05) is 0 Å². The Kier molecular flexibility index (Phi) is 6.27. The molecule has 2 unspecified atom stereocenters. The molecule has 6 heteroatoms. The van der Waals surface area contributed by atoms with Crippen molar-refractivity contribution in [1.82, 2.24) is 0 Å². The highest BCUT2D eigenvalue weighted by Gasteiger charge is 2.55. The van der Waals surface area contributed by atoms with Crippen molar-refractivity contribution < 1.29 is 26.7 Å². The van der Waals surface area contributed by atoms with Gasteiger partial charge >= 0.3 is 6.11 Å². The molecule has 0 radical (unpaired) electrons. The molecule has 1 nitrogen and oxygen atoms in total. The molecule has 146 valence electrons. The maximum Gasteiger partial charge on any atom is 0.364 e. The summed E-state index contributed by atoms with van der Waals surface area (Å²) in [6.45, 7) is 0. The number of ether oxygens (including phenoxy) is 1. The van der Waals surface area contributed by atoms with Crippen LogP contribution in [0.4, 0.5) is 22.0 Å². The zero-order chi connectivity index (χ0) is 18.0. The lowest BCUT2D eigenvalue weighted by Crippen LogP contribution is -2.50. The third-order valence-corrected chi connectivity index (χ3v) is 6.47. The van der Waals surface area contributed by atoms with E-state index in [9.17, 15) is 22.0 Å². The van der Waals surface area contributed by atoms with E-state index in [1.54, 1.807) is 0 Å². The van der Waals surface area contributed by atoms with E-state index in [4.69, 9.17) is 4.74 Å². The molecule has 0 aliphatic heterocycles. The monoisotopic (exact) mass is 368 g/mol. The Labute approximate surface area is 146 Å². The second kappa shape index (κ2) is 8.10. The minimum atomic E-state index is -3.83. The maximum atomic E-state index is 14.6. The predicted molar refractivity (Wildman–Crippen MR) is 85.8 cm³/mol. The van der Waals surface area contributed by atoms with Gasteiger partial charge in [-0.15, -0.1) is 0 Å². The predicted octanol–water partition coefficient (Wildman–Crippen LogP) is 6.16. The summed E-state index contributed by atoms with van der Waals surface area (Å²) < 4.78 is 76.0. The van der Waals surface area contributed by atoms with Crippen LogP contribution in [0.15, 0.2) is 0 Å². The summed E-state index contributed by atoms with van der Waals surface area (Å²) in [4.78, 5) is 0. The van der Waals surface area contributed by atoms with Gasteiger partial charge in [-0.3, -0.25) is 0 Å². The third-order valence-electron chi connectivity index (χ3n) is 6.47. The summed E-state index contributed by atoms with van der Waals surface area (Å²) in [6.07, 6.45) is -3.48. The zero-order valence-corrected chi connectivity index (χ0v) is 14.6. The van der Waals surface area contributed by atoms with E-state index in [-0.39, 0.29) is 50.4 Å². The highest BCUT2D eigenvalue weighted by molar-refractivity contribution is 4.94. The Morgan fingerprint density at radius 3 is 1.80 bits per heavy atom. The van der Waals surface area contributed by atoms with Crippen molar-refractivity contribution in [2.75, 3.05) is 0 Å². The van der Waals surface area contributed by atoms with Gasteiger partial charge in [-0.1, -0.05) is 32.1 Å². The van der Waals surface area contributed by atoms with Crippen molar-refractivity contribution in [3.63, 3.8) is 0 Å². The second-order valence-corrected chi connectivity index (χ2v) is 8.24. The molecule has 3 fully saturated rings. The summed E-state index contributed by atoms with van der Waals surface area (Å²) in [5.41, 5.74) is 0. The Balaban J connectivity index is 1.59. The number of hydrogen-bond donors (Lipinski definition) is 0. The van der Waals surface area contributed by atoms with Crippen LogP contribution in [0.25, 0.3) is 0 Å². The second-order valence-electron chi connectivity index (χ2n) is 8.24. The van der Waals surface area contributed by atoms with Crippen LogP contribution in [0.2, 0.25) is 0 Å². The number of halogens is 5. The Morgan fingerprint density at radius 1 is 0.680 bits per heavy atom. The molecule has 2 atom stereocenters. The summed E-state index contributed by atoms with van der Waals surface area (Å²) in [5, 5.41) is 0. The van der Waals surface area contributed by atoms with Gasteiger partial charge in [0.1, 0.15) is 24.4 Å². The molecule has 3 aliphatic carbocycles. The molecule has 0 heterocycles. The molecule has 3 rings (SSSR count). The standard InChI is InChI=1S/C19H29F5O/c20-14-6-8-15(9-7-14)25-19(23,24)18-16(21)10-13(11-17(18)22)12-4-2-1-3-5-12/h12-18H,1-11H2. The zero-order valence-electron chi connectivity index (χ0n) is 14.6. The normalized spacial score (nSPS) is 41.6. The Bertz CT molecular complexity index is 406. The molecule has 25 heavy (non-hydrogen) atoms. The molecule has 0 aromatic rings. The van der Waals surface area contributed by atoms with Crippen LogP contribution >= 0.6 is 0 Å². The average Bonchev–Trinajstić information content (AvgIpc) is 2.56. The fraction of sp³-hybridized carbons (Fsp3) is 1.00. The molecule has 0 saturated heterocycles. The van der Waals surface area contributed by atoms with E-state index < -0.39 is 36.6 Å². The van der Waals surface area contributed by atoms with Crippen LogP contribution in [0, 0.1) is 17.8 Å². The molecule has 3 saturated carbocycles. The van der Waals surface area contributed by atoms with E-state index in [0.717, 1.165) is 32.1 Å². The van der Waals surface area contributed by atoms with E-state index >= 15 is 0 Å². The molecule has 0 spiro atoms. The number of hydrogen-bond acceptors (Lipinski definition) is 1.